The van der Waals surface area contributed by atoms with Gasteiger partial charge in [0.15, 0.2) is 5.78 Å². The molecule has 0 aliphatic rings. The molecule has 0 bridgehead atoms. The van der Waals surface area contributed by atoms with Gasteiger partial charge >= 0.3 is 0 Å². The van der Waals surface area contributed by atoms with Crippen molar-refractivity contribution in [3.8, 4) is 0 Å². The maximum absolute atomic E-state index is 12.9. The monoisotopic (exact) mass is 290 g/mol. The third-order valence-corrected chi connectivity index (χ3v) is 3.58. The van der Waals surface area contributed by atoms with Gasteiger partial charge in [-0.3, -0.25) is 15.0 Å². The van der Waals surface area contributed by atoms with Gasteiger partial charge in [-0.25, -0.2) is 5.84 Å². The van der Waals surface area contributed by atoms with Crippen molar-refractivity contribution >= 4 is 22.5 Å². The highest BCUT2D eigenvalue weighted by Crippen LogP contribution is 2.22. The Morgan fingerprint density at radius 3 is 2.09 bits per heavy atom. The van der Waals surface area contributed by atoms with E-state index in [0.717, 1.165) is 10.8 Å². The molecule has 0 fully saturated rings. The number of fused-ring (bicyclic) bond motifs is 1. The van der Waals surface area contributed by atoms with Gasteiger partial charge in [-0.15, -0.1) is 0 Å². The molecule has 4 heteroatoms. The van der Waals surface area contributed by atoms with E-state index in [2.05, 4.69) is 5.43 Å². The maximum atomic E-state index is 12.9. The summed E-state index contributed by atoms with van der Waals surface area (Å²) < 4.78 is 0. The van der Waals surface area contributed by atoms with Gasteiger partial charge in [0.25, 0.3) is 5.91 Å². The van der Waals surface area contributed by atoms with Gasteiger partial charge < -0.3 is 0 Å². The second-order valence-corrected chi connectivity index (χ2v) is 4.87. The van der Waals surface area contributed by atoms with Gasteiger partial charge in [0.2, 0.25) is 0 Å². The summed E-state index contributed by atoms with van der Waals surface area (Å²) in [7, 11) is 0. The number of hydrazine groups is 1. The number of nitrogens with one attached hydrogen (secondary N) is 1. The number of nitrogens with two attached hydrogens (primary N) is 1. The Balaban J connectivity index is 2.17. The minimum Gasteiger partial charge on any atom is -0.290 e. The zero-order valence-corrected chi connectivity index (χ0v) is 11.7. The summed E-state index contributed by atoms with van der Waals surface area (Å²) >= 11 is 0. The lowest BCUT2D eigenvalue weighted by atomic mass is 9.94. The van der Waals surface area contributed by atoms with E-state index in [4.69, 9.17) is 5.84 Å². The van der Waals surface area contributed by atoms with Crippen LogP contribution >= 0.6 is 0 Å². The zero-order chi connectivity index (χ0) is 15.5. The fourth-order valence-electron chi connectivity index (χ4n) is 2.53. The van der Waals surface area contributed by atoms with Crippen LogP contribution in [0.2, 0.25) is 0 Å². The largest absolute Gasteiger partial charge is 0.290 e. The van der Waals surface area contributed by atoms with Crippen molar-refractivity contribution in [1.29, 1.82) is 0 Å². The second-order valence-electron chi connectivity index (χ2n) is 4.87. The molecule has 0 saturated heterocycles. The number of carbonyl (C=O) groups is 2. The summed E-state index contributed by atoms with van der Waals surface area (Å²) in [6, 6.07) is 19.8. The molecule has 4 nitrogen and oxygen atoms in total. The van der Waals surface area contributed by atoms with Crippen molar-refractivity contribution in [2.45, 2.75) is 0 Å². The highest BCUT2D eigenvalue weighted by Gasteiger charge is 2.18. The number of ketones is 1. The predicted octanol–water partition coefficient (Wildman–Crippen LogP) is 2.67. The van der Waals surface area contributed by atoms with Gasteiger partial charge in [0.1, 0.15) is 0 Å². The van der Waals surface area contributed by atoms with Crippen molar-refractivity contribution in [2.75, 3.05) is 0 Å². The van der Waals surface area contributed by atoms with Crippen LogP contribution in [0.1, 0.15) is 26.3 Å². The van der Waals surface area contributed by atoms with Crippen molar-refractivity contribution in [3.05, 3.63) is 83.4 Å². The Bertz CT molecular complexity index is 866. The quantitative estimate of drug-likeness (QED) is 0.337. The first-order valence-corrected chi connectivity index (χ1v) is 6.85. The fourth-order valence-corrected chi connectivity index (χ4v) is 2.53. The first-order valence-electron chi connectivity index (χ1n) is 6.85. The van der Waals surface area contributed by atoms with E-state index in [0.29, 0.717) is 11.1 Å². The molecule has 108 valence electrons. The average Bonchev–Trinajstić information content (AvgIpc) is 2.60. The van der Waals surface area contributed by atoms with Crippen LogP contribution in [0.5, 0.6) is 0 Å². The van der Waals surface area contributed by atoms with Gasteiger partial charge in [0, 0.05) is 11.1 Å². The number of rotatable bonds is 3. The number of carbonyl (C=O) groups excluding carboxylic acids is 2. The second kappa shape index (κ2) is 5.79. The van der Waals surface area contributed by atoms with Crippen molar-refractivity contribution < 1.29 is 9.59 Å². The highest BCUT2D eigenvalue weighted by molar-refractivity contribution is 6.20. The Hall–Kier alpha value is -2.98. The van der Waals surface area contributed by atoms with Crippen LogP contribution in [0.15, 0.2) is 66.7 Å². The molecule has 0 aliphatic heterocycles. The van der Waals surface area contributed by atoms with E-state index in [9.17, 15) is 9.59 Å². The summed E-state index contributed by atoms with van der Waals surface area (Å²) in [5.41, 5.74) is 3.24. The lowest BCUT2D eigenvalue weighted by Crippen LogP contribution is -2.31. The standard InChI is InChI=1S/C18H14N2O2/c19-20-18(22)16-10-4-3-9-15(16)17(21)14-11-5-7-12-6-1-2-8-13(12)14/h1-11H,19H2,(H,20,22). The van der Waals surface area contributed by atoms with E-state index in [1.54, 1.807) is 30.3 Å². The van der Waals surface area contributed by atoms with Crippen LogP contribution in [0.25, 0.3) is 10.8 Å². The molecule has 1 amide bonds. The molecule has 0 atom stereocenters. The molecule has 0 spiro atoms. The van der Waals surface area contributed by atoms with Crippen molar-refractivity contribution in [3.63, 3.8) is 0 Å². The molecule has 0 heterocycles. The summed E-state index contributed by atoms with van der Waals surface area (Å²) in [5.74, 6) is 4.51. The number of benzene rings is 3. The summed E-state index contributed by atoms with van der Waals surface area (Å²) in [4.78, 5) is 24.7. The summed E-state index contributed by atoms with van der Waals surface area (Å²) in [6.45, 7) is 0. The van der Waals surface area contributed by atoms with Crippen LogP contribution in [0.4, 0.5) is 0 Å². The van der Waals surface area contributed by atoms with E-state index in [1.807, 2.05) is 36.4 Å². The normalized spacial score (nSPS) is 10.4. The van der Waals surface area contributed by atoms with Crippen molar-refractivity contribution in [1.82, 2.24) is 5.43 Å². The van der Waals surface area contributed by atoms with Crippen LogP contribution in [-0.4, -0.2) is 11.7 Å². The number of hydrogen-bond donors (Lipinski definition) is 2. The smallest absolute Gasteiger partial charge is 0.265 e. The number of amides is 1. The molecular formula is C18H14N2O2. The van der Waals surface area contributed by atoms with Crippen molar-refractivity contribution in [2.24, 2.45) is 5.84 Å². The van der Waals surface area contributed by atoms with Gasteiger partial charge in [-0.05, 0) is 16.8 Å². The highest BCUT2D eigenvalue weighted by atomic mass is 16.2. The summed E-state index contributed by atoms with van der Waals surface area (Å²) in [6.07, 6.45) is 0. The van der Waals surface area contributed by atoms with E-state index >= 15 is 0 Å². The molecule has 3 rings (SSSR count). The lowest BCUT2D eigenvalue weighted by molar-refractivity contribution is 0.0942. The van der Waals surface area contributed by atoms with Gasteiger partial charge in [0.05, 0.1) is 5.56 Å². The SMILES string of the molecule is NNC(=O)c1ccccc1C(=O)c1cccc2ccccc12. The predicted molar refractivity (Wildman–Crippen MR) is 85.5 cm³/mol. The Morgan fingerprint density at radius 1 is 0.727 bits per heavy atom. The molecule has 0 aromatic heterocycles. The molecule has 3 N–H and O–H groups in total. The Morgan fingerprint density at radius 2 is 1.32 bits per heavy atom. The fraction of sp³-hybridized carbons (Fsp3) is 0. The Labute approximate surface area is 127 Å². The van der Waals surface area contributed by atoms with Gasteiger partial charge in [-0.1, -0.05) is 60.7 Å². The van der Waals surface area contributed by atoms with Crippen LogP contribution in [-0.2, 0) is 0 Å². The van der Waals surface area contributed by atoms with Crippen LogP contribution in [0.3, 0.4) is 0 Å². The van der Waals surface area contributed by atoms with Crippen LogP contribution in [0, 0.1) is 0 Å². The average molecular weight is 290 g/mol. The van der Waals surface area contributed by atoms with Gasteiger partial charge in [-0.2, -0.15) is 0 Å². The first-order chi connectivity index (χ1) is 10.7. The molecule has 22 heavy (non-hydrogen) atoms. The topological polar surface area (TPSA) is 72.2 Å². The molecule has 0 unspecified atom stereocenters. The lowest BCUT2D eigenvalue weighted by Gasteiger charge is -2.09. The molecular weight excluding hydrogens is 276 g/mol. The number of nitrogen functional groups attached to an aromatic ring is 1. The minimum absolute atomic E-state index is 0.198. The Kier molecular flexibility index (Phi) is 3.68. The summed E-state index contributed by atoms with van der Waals surface area (Å²) in [5, 5.41) is 1.84. The van der Waals surface area contributed by atoms with E-state index < -0.39 is 5.91 Å². The molecule has 0 saturated carbocycles. The third-order valence-electron chi connectivity index (χ3n) is 3.58. The molecule has 0 radical (unpaired) electrons. The van der Waals surface area contributed by atoms with E-state index in [1.165, 1.54) is 0 Å². The zero-order valence-electron chi connectivity index (χ0n) is 11.7. The molecule has 0 aliphatic carbocycles. The first kappa shape index (κ1) is 14.0. The number of hydrogen-bond acceptors (Lipinski definition) is 3. The van der Waals surface area contributed by atoms with Crippen LogP contribution < -0.4 is 11.3 Å². The van der Waals surface area contributed by atoms with E-state index in [-0.39, 0.29) is 11.3 Å². The maximum Gasteiger partial charge on any atom is 0.265 e. The third kappa shape index (κ3) is 2.36. The molecule has 3 aromatic carbocycles. The molecule has 3 aromatic rings. The minimum atomic E-state index is -0.482.